The van der Waals surface area contributed by atoms with Crippen molar-refractivity contribution in [1.29, 1.82) is 0 Å². The fourth-order valence-electron chi connectivity index (χ4n) is 7.48. The largest absolute Gasteiger partial charge is 0.340 e. The summed E-state index contributed by atoms with van der Waals surface area (Å²) in [6.07, 6.45) is 2.06. The fraction of sp³-hybridized carbons (Fsp3) is 0.182. The van der Waals surface area contributed by atoms with E-state index in [1.165, 1.54) is 65.9 Å². The van der Waals surface area contributed by atoms with Gasteiger partial charge in [-0.2, -0.15) is 0 Å². The minimum absolute atomic E-state index is 0.387. The molecule has 50 heavy (non-hydrogen) atoms. The van der Waals surface area contributed by atoms with E-state index >= 15 is 0 Å². The number of hydrogen-bond donors (Lipinski definition) is 0. The van der Waals surface area contributed by atoms with Crippen LogP contribution in [0.2, 0.25) is 0 Å². The van der Waals surface area contributed by atoms with Crippen molar-refractivity contribution in [2.24, 2.45) is 0 Å². The second-order valence-electron chi connectivity index (χ2n) is 12.8. The zero-order chi connectivity index (χ0) is 34.1. The van der Waals surface area contributed by atoms with Gasteiger partial charge in [0.15, 0.2) is 0 Å². The molecule has 0 aliphatic carbocycles. The summed E-state index contributed by atoms with van der Waals surface area (Å²) >= 11 is 0. The van der Waals surface area contributed by atoms with Crippen molar-refractivity contribution in [3.05, 3.63) is 140 Å². The van der Waals surface area contributed by atoms with Crippen LogP contribution in [0.5, 0.6) is 0 Å². The molecule has 0 amide bonds. The lowest BCUT2D eigenvalue weighted by Crippen LogP contribution is -2.03. The van der Waals surface area contributed by atoms with E-state index in [0.29, 0.717) is 19.4 Å². The summed E-state index contributed by atoms with van der Waals surface area (Å²) in [4.78, 5) is 0. The summed E-state index contributed by atoms with van der Waals surface area (Å²) in [5.41, 5.74) is 10.8. The molecule has 6 aromatic carbocycles. The third-order valence-corrected chi connectivity index (χ3v) is 11.9. The first-order valence-electron chi connectivity index (χ1n) is 17.7. The van der Waals surface area contributed by atoms with Gasteiger partial charge in [-0.25, -0.2) is 0 Å². The maximum atomic E-state index is 13.1. The van der Waals surface area contributed by atoms with Gasteiger partial charge in [0.05, 0.1) is 30.4 Å². The van der Waals surface area contributed by atoms with Crippen LogP contribution in [0.15, 0.2) is 140 Å². The summed E-state index contributed by atoms with van der Waals surface area (Å²) in [7, 11) is -3.06. The molecule has 5 nitrogen and oxygen atoms in total. The molecule has 0 aliphatic heterocycles. The number of aromatic nitrogens is 2. The van der Waals surface area contributed by atoms with Crippen molar-refractivity contribution in [3.8, 4) is 27.9 Å². The van der Waals surface area contributed by atoms with Crippen molar-refractivity contribution in [2.45, 2.75) is 33.2 Å². The van der Waals surface area contributed by atoms with Crippen LogP contribution in [-0.4, -0.2) is 28.5 Å². The predicted molar refractivity (Wildman–Crippen MR) is 210 cm³/mol. The third-order valence-electron chi connectivity index (χ3n) is 9.71. The van der Waals surface area contributed by atoms with Crippen LogP contribution < -0.4 is 0 Å². The lowest BCUT2D eigenvalue weighted by Gasteiger charge is -2.17. The number of fused-ring (bicyclic) bond motifs is 6. The Morgan fingerprint density at radius 1 is 0.500 bits per heavy atom. The van der Waals surface area contributed by atoms with Gasteiger partial charge in [-0.05, 0) is 104 Å². The van der Waals surface area contributed by atoms with Crippen molar-refractivity contribution in [3.63, 3.8) is 0 Å². The molecular formula is C44H41N2O3P. The summed E-state index contributed by atoms with van der Waals surface area (Å²) in [6, 6.07) is 50.4. The highest BCUT2D eigenvalue weighted by Gasteiger charge is 2.23. The van der Waals surface area contributed by atoms with Crippen LogP contribution in [0.1, 0.15) is 26.7 Å². The zero-order valence-electron chi connectivity index (χ0n) is 28.6. The minimum atomic E-state index is -3.06. The summed E-state index contributed by atoms with van der Waals surface area (Å²) < 4.78 is 29.0. The normalized spacial score (nSPS) is 12.1. The molecule has 0 atom stereocenters. The number of unbranched alkanes of at least 4 members (excludes halogenated alkanes) is 1. The predicted octanol–water partition coefficient (Wildman–Crippen LogP) is 12.3. The molecule has 0 radical (unpaired) electrons. The molecule has 2 aromatic heterocycles. The maximum Gasteiger partial charge on any atom is 0.330 e. The van der Waals surface area contributed by atoms with Crippen LogP contribution in [0.25, 0.3) is 71.6 Å². The van der Waals surface area contributed by atoms with E-state index < -0.39 is 7.60 Å². The van der Waals surface area contributed by atoms with Gasteiger partial charge in [0.25, 0.3) is 0 Å². The van der Waals surface area contributed by atoms with Gasteiger partial charge in [0.1, 0.15) is 0 Å². The number of benzene rings is 6. The van der Waals surface area contributed by atoms with E-state index in [-0.39, 0.29) is 0 Å². The van der Waals surface area contributed by atoms with E-state index in [1.807, 2.05) is 13.8 Å². The Morgan fingerprint density at radius 3 is 1.62 bits per heavy atom. The highest BCUT2D eigenvalue weighted by Crippen LogP contribution is 2.49. The van der Waals surface area contributed by atoms with Crippen molar-refractivity contribution in [2.75, 3.05) is 19.4 Å². The van der Waals surface area contributed by atoms with Gasteiger partial charge in [-0.3, -0.25) is 4.57 Å². The molecule has 2 heterocycles. The lowest BCUT2D eigenvalue weighted by atomic mass is 9.99. The number of nitrogens with zero attached hydrogens (tertiary/aromatic N) is 2. The molecule has 8 rings (SSSR count). The van der Waals surface area contributed by atoms with Gasteiger partial charge < -0.3 is 18.2 Å². The first-order chi connectivity index (χ1) is 24.6. The standard InChI is InChI=1S/C44H41N2O3P/c1-3-48-50(47,49-4-2)28-14-13-27-45-41-24-21-33(32-15-7-5-8-16-32)29-39(41)40-31-34(22-25-42(40)45)35-23-26-44-38(30-35)37-19-11-12-20-43(37)46(44)36-17-9-6-10-18-36/h5-12,15-26,29-31H,3-4,13-14,27-28H2,1-2H3. The topological polar surface area (TPSA) is 45.4 Å². The number of para-hydroxylation sites is 2. The average molecular weight is 677 g/mol. The second-order valence-corrected chi connectivity index (χ2v) is 15.0. The number of aryl methyl sites for hydroxylation is 1. The van der Waals surface area contributed by atoms with Gasteiger partial charge in [0.2, 0.25) is 0 Å². The highest BCUT2D eigenvalue weighted by molar-refractivity contribution is 7.53. The Balaban J connectivity index is 1.22. The average Bonchev–Trinajstić information content (AvgIpc) is 3.65. The zero-order valence-corrected chi connectivity index (χ0v) is 29.5. The van der Waals surface area contributed by atoms with Crippen molar-refractivity contribution in [1.82, 2.24) is 9.13 Å². The van der Waals surface area contributed by atoms with E-state index in [9.17, 15) is 4.57 Å². The van der Waals surface area contributed by atoms with E-state index in [2.05, 4.69) is 149 Å². The van der Waals surface area contributed by atoms with Crippen molar-refractivity contribution >= 4 is 51.2 Å². The fourth-order valence-corrected chi connectivity index (χ4v) is 9.21. The Hall–Kier alpha value is -4.93. The molecule has 0 aliphatic rings. The first kappa shape index (κ1) is 32.3. The first-order valence-corrected chi connectivity index (χ1v) is 19.4. The van der Waals surface area contributed by atoms with Crippen LogP contribution in [0.3, 0.4) is 0 Å². The SMILES string of the molecule is CCOP(=O)(CCCCn1c2ccc(-c3ccccc3)cc2c2cc(-c3ccc4c(c3)c3ccccc3n4-c3ccccc3)ccc21)OCC. The molecule has 0 unspecified atom stereocenters. The van der Waals surface area contributed by atoms with Crippen LogP contribution in [0.4, 0.5) is 0 Å². The van der Waals surface area contributed by atoms with E-state index in [4.69, 9.17) is 9.05 Å². The Kier molecular flexibility index (Phi) is 8.89. The molecule has 0 spiro atoms. The second kappa shape index (κ2) is 13.8. The van der Waals surface area contributed by atoms with Gasteiger partial charge >= 0.3 is 7.60 Å². The van der Waals surface area contributed by atoms with Crippen molar-refractivity contribution < 1.29 is 13.6 Å². The van der Waals surface area contributed by atoms with Gasteiger partial charge in [0, 0.05) is 44.8 Å². The Bertz CT molecular complexity index is 2490. The Labute approximate surface area is 293 Å². The molecule has 8 aromatic rings. The monoisotopic (exact) mass is 676 g/mol. The Morgan fingerprint density at radius 2 is 1.00 bits per heavy atom. The van der Waals surface area contributed by atoms with Crippen LogP contribution >= 0.6 is 7.60 Å². The van der Waals surface area contributed by atoms with Gasteiger partial charge in [-0.1, -0.05) is 84.9 Å². The quantitative estimate of drug-likeness (QED) is 0.0956. The molecule has 250 valence electrons. The van der Waals surface area contributed by atoms with E-state index in [1.54, 1.807) is 0 Å². The maximum absolute atomic E-state index is 13.1. The number of hydrogen-bond acceptors (Lipinski definition) is 3. The molecule has 6 heteroatoms. The molecule has 0 fully saturated rings. The van der Waals surface area contributed by atoms with Gasteiger partial charge in [-0.15, -0.1) is 0 Å². The van der Waals surface area contributed by atoms with Crippen LogP contribution in [-0.2, 0) is 20.2 Å². The lowest BCUT2D eigenvalue weighted by molar-refractivity contribution is 0.219. The minimum Gasteiger partial charge on any atom is -0.340 e. The third kappa shape index (κ3) is 5.96. The molecular weight excluding hydrogens is 635 g/mol. The highest BCUT2D eigenvalue weighted by atomic mass is 31.2. The van der Waals surface area contributed by atoms with E-state index in [0.717, 1.165) is 25.1 Å². The summed E-state index contributed by atoms with van der Waals surface area (Å²) in [5, 5.41) is 4.96. The molecule has 0 bridgehead atoms. The molecule has 0 N–H and O–H groups in total. The van der Waals surface area contributed by atoms with Crippen LogP contribution in [0, 0.1) is 0 Å². The molecule has 0 saturated carbocycles. The smallest absolute Gasteiger partial charge is 0.330 e. The molecule has 0 saturated heterocycles. The summed E-state index contributed by atoms with van der Waals surface area (Å²) in [5.74, 6) is 0. The summed E-state index contributed by atoms with van der Waals surface area (Å²) in [6.45, 7) is 5.31. The number of rotatable bonds is 12.